The third-order valence-corrected chi connectivity index (χ3v) is 5.57. The number of nitrogens with zero attached hydrogens (tertiary/aromatic N) is 1. The fourth-order valence-corrected chi connectivity index (χ4v) is 3.66. The Labute approximate surface area is 188 Å². The van der Waals surface area contributed by atoms with Crippen LogP contribution in [0.25, 0.3) is 5.52 Å². The number of pyridine rings is 1. The minimum Gasteiger partial charge on any atom is -0.497 e. The Hall–Kier alpha value is -3.48. The summed E-state index contributed by atoms with van der Waals surface area (Å²) in [5.74, 6) is -0.219. The molecule has 8 heteroatoms. The molecule has 0 atom stereocenters. The average molecular weight is 454 g/mol. The van der Waals surface area contributed by atoms with Crippen LogP contribution in [-0.4, -0.2) is 23.2 Å². The second-order valence-electron chi connectivity index (χ2n) is 6.74. The standard InChI is InChI=1S/C23H17Cl2N3O3/c1-31-15-6-4-5-14(12-15)27-23(30)19-18-7-2-3-10-28(18)21(20(19)26)22(29)13-8-9-16(24)17(25)11-13/h2-12H,26H2,1H3,(H,27,30). The number of nitrogen functional groups attached to an aromatic ring is 1. The van der Waals surface area contributed by atoms with Gasteiger partial charge in [-0.2, -0.15) is 0 Å². The Kier molecular flexibility index (Phi) is 5.59. The lowest BCUT2D eigenvalue weighted by molar-refractivity contribution is 0.102. The summed E-state index contributed by atoms with van der Waals surface area (Å²) in [7, 11) is 1.54. The van der Waals surface area contributed by atoms with Gasteiger partial charge in [0.2, 0.25) is 5.78 Å². The Bertz CT molecular complexity index is 1330. The Balaban J connectivity index is 1.80. The van der Waals surface area contributed by atoms with Crippen molar-refractivity contribution >= 4 is 51.8 Å². The summed E-state index contributed by atoms with van der Waals surface area (Å²) in [6, 6.07) is 16.8. The van der Waals surface area contributed by atoms with E-state index < -0.39 is 5.91 Å². The number of aromatic nitrogens is 1. The first-order chi connectivity index (χ1) is 14.9. The van der Waals surface area contributed by atoms with Crippen molar-refractivity contribution in [1.29, 1.82) is 0 Å². The molecule has 4 rings (SSSR count). The fraction of sp³-hybridized carbons (Fsp3) is 0.0435. The summed E-state index contributed by atoms with van der Waals surface area (Å²) >= 11 is 12.0. The average Bonchev–Trinajstić information content (AvgIpc) is 3.07. The number of benzene rings is 2. The van der Waals surface area contributed by atoms with Gasteiger partial charge in [0.1, 0.15) is 11.4 Å². The number of rotatable bonds is 5. The van der Waals surface area contributed by atoms with Crippen molar-refractivity contribution in [1.82, 2.24) is 4.40 Å². The van der Waals surface area contributed by atoms with Crippen LogP contribution in [0.15, 0.2) is 66.9 Å². The quantitative estimate of drug-likeness (QED) is 0.400. The predicted octanol–water partition coefficient (Wildman–Crippen LogP) is 5.32. The lowest BCUT2D eigenvalue weighted by atomic mass is 10.1. The molecule has 0 bridgehead atoms. The van der Waals surface area contributed by atoms with E-state index in [4.69, 9.17) is 33.7 Å². The number of hydrogen-bond donors (Lipinski definition) is 2. The van der Waals surface area contributed by atoms with E-state index in [0.29, 0.717) is 27.5 Å². The van der Waals surface area contributed by atoms with Crippen LogP contribution in [0.3, 0.4) is 0 Å². The summed E-state index contributed by atoms with van der Waals surface area (Å²) in [5, 5.41) is 3.40. The van der Waals surface area contributed by atoms with Gasteiger partial charge < -0.3 is 20.2 Å². The van der Waals surface area contributed by atoms with Gasteiger partial charge in [-0.15, -0.1) is 0 Å². The van der Waals surface area contributed by atoms with Crippen molar-refractivity contribution < 1.29 is 14.3 Å². The van der Waals surface area contributed by atoms with E-state index in [-0.39, 0.29) is 27.8 Å². The highest BCUT2D eigenvalue weighted by molar-refractivity contribution is 6.42. The number of amides is 1. The number of ketones is 1. The lowest BCUT2D eigenvalue weighted by Gasteiger charge is -2.07. The van der Waals surface area contributed by atoms with Crippen molar-refractivity contribution in [3.63, 3.8) is 0 Å². The van der Waals surface area contributed by atoms with Crippen LogP contribution >= 0.6 is 23.2 Å². The SMILES string of the molecule is COc1cccc(NC(=O)c2c(N)c(C(=O)c3ccc(Cl)c(Cl)c3)n3ccccc23)c1. The first-order valence-corrected chi connectivity index (χ1v) is 10.00. The molecular weight excluding hydrogens is 437 g/mol. The monoisotopic (exact) mass is 453 g/mol. The van der Waals surface area contributed by atoms with E-state index in [1.165, 1.54) is 6.07 Å². The molecule has 2 aromatic heterocycles. The van der Waals surface area contributed by atoms with E-state index in [9.17, 15) is 9.59 Å². The van der Waals surface area contributed by atoms with Crippen LogP contribution in [0, 0.1) is 0 Å². The molecule has 0 aliphatic carbocycles. The highest BCUT2D eigenvalue weighted by Gasteiger charge is 2.26. The molecule has 0 spiro atoms. The highest BCUT2D eigenvalue weighted by atomic mass is 35.5. The summed E-state index contributed by atoms with van der Waals surface area (Å²) in [6.45, 7) is 0. The van der Waals surface area contributed by atoms with Gasteiger partial charge in [0.05, 0.1) is 33.9 Å². The minimum atomic E-state index is -0.442. The van der Waals surface area contributed by atoms with Gasteiger partial charge >= 0.3 is 0 Å². The van der Waals surface area contributed by atoms with Crippen molar-refractivity contribution in [2.24, 2.45) is 0 Å². The third kappa shape index (κ3) is 3.83. The maximum Gasteiger partial charge on any atom is 0.259 e. The van der Waals surface area contributed by atoms with Crippen LogP contribution in [0.2, 0.25) is 10.0 Å². The fourth-order valence-electron chi connectivity index (χ4n) is 3.37. The summed E-state index contributed by atoms with van der Waals surface area (Å²) in [4.78, 5) is 26.4. The normalized spacial score (nSPS) is 10.8. The van der Waals surface area contributed by atoms with E-state index in [0.717, 1.165) is 0 Å². The number of methoxy groups -OCH3 is 1. The van der Waals surface area contributed by atoms with Gasteiger partial charge in [-0.3, -0.25) is 9.59 Å². The van der Waals surface area contributed by atoms with Gasteiger partial charge in [-0.25, -0.2) is 0 Å². The van der Waals surface area contributed by atoms with E-state index in [1.807, 2.05) is 0 Å². The zero-order valence-corrected chi connectivity index (χ0v) is 17.9. The number of carbonyl (C=O) groups excluding carboxylic acids is 2. The predicted molar refractivity (Wildman–Crippen MR) is 123 cm³/mol. The van der Waals surface area contributed by atoms with Crippen LogP contribution in [-0.2, 0) is 0 Å². The molecule has 0 aliphatic rings. The Morgan fingerprint density at radius 1 is 1.00 bits per heavy atom. The smallest absolute Gasteiger partial charge is 0.259 e. The molecule has 3 N–H and O–H groups in total. The zero-order valence-electron chi connectivity index (χ0n) is 16.4. The first-order valence-electron chi connectivity index (χ1n) is 9.24. The van der Waals surface area contributed by atoms with Crippen LogP contribution < -0.4 is 15.8 Å². The van der Waals surface area contributed by atoms with E-state index >= 15 is 0 Å². The van der Waals surface area contributed by atoms with Crippen molar-refractivity contribution in [2.45, 2.75) is 0 Å². The van der Waals surface area contributed by atoms with Crippen LogP contribution in [0.4, 0.5) is 11.4 Å². The Morgan fingerprint density at radius 3 is 2.55 bits per heavy atom. The first kappa shape index (κ1) is 20.8. The number of anilines is 2. The molecule has 156 valence electrons. The van der Waals surface area contributed by atoms with E-state index in [1.54, 1.807) is 72.3 Å². The maximum absolute atomic E-state index is 13.3. The second kappa shape index (κ2) is 8.34. The van der Waals surface area contributed by atoms with Gasteiger partial charge in [0.25, 0.3) is 5.91 Å². The van der Waals surface area contributed by atoms with Crippen molar-refractivity contribution in [3.8, 4) is 5.75 Å². The number of hydrogen-bond acceptors (Lipinski definition) is 4. The number of ether oxygens (including phenoxy) is 1. The van der Waals surface area contributed by atoms with E-state index in [2.05, 4.69) is 5.32 Å². The summed E-state index contributed by atoms with van der Waals surface area (Å²) in [6.07, 6.45) is 1.68. The Morgan fingerprint density at radius 2 is 1.81 bits per heavy atom. The number of carbonyl (C=O) groups is 2. The molecule has 0 aliphatic heterocycles. The van der Waals surface area contributed by atoms with Crippen molar-refractivity contribution in [3.05, 3.63) is 93.7 Å². The highest BCUT2D eigenvalue weighted by Crippen LogP contribution is 2.31. The maximum atomic E-state index is 13.3. The third-order valence-electron chi connectivity index (χ3n) is 4.83. The topological polar surface area (TPSA) is 85.8 Å². The summed E-state index contributed by atoms with van der Waals surface area (Å²) < 4.78 is 6.79. The van der Waals surface area contributed by atoms with Crippen molar-refractivity contribution in [2.75, 3.05) is 18.2 Å². The molecule has 31 heavy (non-hydrogen) atoms. The van der Waals surface area contributed by atoms with Gasteiger partial charge in [0, 0.05) is 23.5 Å². The number of nitrogens with one attached hydrogen (secondary N) is 1. The molecule has 0 saturated carbocycles. The number of nitrogens with two attached hydrogens (primary N) is 1. The van der Waals surface area contributed by atoms with Crippen LogP contribution in [0.5, 0.6) is 5.75 Å². The summed E-state index contributed by atoms with van der Waals surface area (Å²) in [5.41, 5.74) is 8.14. The second-order valence-corrected chi connectivity index (χ2v) is 7.55. The van der Waals surface area contributed by atoms with Gasteiger partial charge in [-0.1, -0.05) is 35.3 Å². The molecular formula is C23H17Cl2N3O3. The minimum absolute atomic E-state index is 0.0719. The lowest BCUT2D eigenvalue weighted by Crippen LogP contribution is -2.14. The number of fused-ring (bicyclic) bond motifs is 1. The molecule has 0 saturated heterocycles. The van der Waals surface area contributed by atoms with Gasteiger partial charge in [0.15, 0.2) is 0 Å². The van der Waals surface area contributed by atoms with Gasteiger partial charge in [-0.05, 0) is 42.5 Å². The largest absolute Gasteiger partial charge is 0.497 e. The molecule has 0 radical (unpaired) electrons. The molecule has 2 heterocycles. The molecule has 0 fully saturated rings. The molecule has 6 nitrogen and oxygen atoms in total. The molecule has 0 unspecified atom stereocenters. The zero-order chi connectivity index (χ0) is 22.1. The number of halogens is 2. The molecule has 1 amide bonds. The molecule has 4 aromatic rings. The van der Waals surface area contributed by atoms with Crippen LogP contribution in [0.1, 0.15) is 26.4 Å². The molecule has 2 aromatic carbocycles.